The summed E-state index contributed by atoms with van der Waals surface area (Å²) < 4.78 is 0. The first-order chi connectivity index (χ1) is 38.6. The van der Waals surface area contributed by atoms with Gasteiger partial charge in [-0.25, -0.2) is 4.98 Å². The SMILES string of the molecule is CC(C)CC(=O)N1CCN(C)C(C)(C)C1.CC(C)CC(=O)N1CCN(C)CC1.CC(C)CC(=O)c1nc(-c2ccccc2)cs1.CC(C)CCC1CCC(C)(C)C1.CC(C)CCCC(=O)N1CCCCC1.CC(C)CCN1CCNCC1. The molecule has 1 aliphatic carbocycles. The number of hydrogen-bond donors (Lipinski definition) is 1. The Kier molecular flexibility index (Phi) is 36.7. The van der Waals surface area contributed by atoms with Crippen LogP contribution in [0, 0.1) is 46.8 Å². The predicted molar refractivity (Wildman–Crippen MR) is 351 cm³/mol. The summed E-state index contributed by atoms with van der Waals surface area (Å²) in [6.45, 7) is 50.1. The number of carbonyl (C=O) groups is 4. The minimum Gasteiger partial charge on any atom is -0.343 e. The van der Waals surface area contributed by atoms with Crippen LogP contribution in [0.2, 0.25) is 0 Å². The summed E-state index contributed by atoms with van der Waals surface area (Å²) in [4.78, 5) is 64.7. The van der Waals surface area contributed by atoms with Gasteiger partial charge in [0.25, 0.3) is 0 Å². The predicted octanol–water partition coefficient (Wildman–Crippen LogP) is 14.4. The van der Waals surface area contributed by atoms with Gasteiger partial charge in [0.05, 0.1) is 5.69 Å². The molecule has 4 aliphatic heterocycles. The van der Waals surface area contributed by atoms with E-state index in [0.717, 1.165) is 107 Å². The summed E-state index contributed by atoms with van der Waals surface area (Å²) in [5.74, 6) is 6.00. The second kappa shape index (κ2) is 40.2. The van der Waals surface area contributed by atoms with Crippen molar-refractivity contribution in [1.29, 1.82) is 0 Å². The Labute approximate surface area is 508 Å². The van der Waals surface area contributed by atoms with Crippen molar-refractivity contribution >= 4 is 34.8 Å². The van der Waals surface area contributed by atoms with Crippen LogP contribution < -0.4 is 5.32 Å². The van der Waals surface area contributed by atoms with E-state index < -0.39 is 0 Å². The molecule has 1 aromatic heterocycles. The number of aromatic nitrogens is 1. The van der Waals surface area contributed by atoms with E-state index in [1.807, 2.05) is 64.3 Å². The van der Waals surface area contributed by atoms with Crippen LogP contribution in [0.1, 0.15) is 217 Å². The third-order valence-electron chi connectivity index (χ3n) is 16.4. The van der Waals surface area contributed by atoms with E-state index in [9.17, 15) is 19.2 Å². The van der Waals surface area contributed by atoms with Crippen LogP contribution in [-0.4, -0.2) is 169 Å². The second-order valence-corrected chi connectivity index (χ2v) is 29.5. The van der Waals surface area contributed by atoms with Crippen molar-refractivity contribution < 1.29 is 19.2 Å². The summed E-state index contributed by atoms with van der Waals surface area (Å²) >= 11 is 1.43. The number of hydrogen-bond acceptors (Lipinski definition) is 10. The van der Waals surface area contributed by atoms with Gasteiger partial charge in [-0.05, 0) is 133 Å². The quantitative estimate of drug-likeness (QED) is 0.146. The fourth-order valence-electron chi connectivity index (χ4n) is 10.8. The first kappa shape index (κ1) is 74.9. The van der Waals surface area contributed by atoms with E-state index in [1.165, 1.54) is 108 Å². The lowest BCUT2D eigenvalue weighted by Gasteiger charge is -2.45. The van der Waals surface area contributed by atoms with E-state index in [-0.39, 0.29) is 11.3 Å². The lowest BCUT2D eigenvalue weighted by Crippen LogP contribution is -2.58. The summed E-state index contributed by atoms with van der Waals surface area (Å²) in [5.41, 5.74) is 2.72. The summed E-state index contributed by atoms with van der Waals surface area (Å²) in [5, 5.41) is 5.93. The highest BCUT2D eigenvalue weighted by Crippen LogP contribution is 2.43. The van der Waals surface area contributed by atoms with Crippen LogP contribution in [0.15, 0.2) is 35.7 Å². The Bertz CT molecular complexity index is 2010. The van der Waals surface area contributed by atoms with Crippen molar-refractivity contribution in [3.63, 3.8) is 0 Å². The Morgan fingerprint density at radius 3 is 1.66 bits per heavy atom. The minimum absolute atomic E-state index is 0.116. The van der Waals surface area contributed by atoms with Gasteiger partial charge in [0, 0.05) is 127 Å². The van der Waals surface area contributed by atoms with Crippen molar-refractivity contribution in [2.24, 2.45) is 46.8 Å². The maximum atomic E-state index is 11.9. The standard InChI is InChI=1S/C14H15NOS.C12H24N2O.C12H23NO.C12H24.C10H20N2O.C9H20N2/c1-10(2)8-13(16)14-15-12(9-17-14)11-6-4-3-5-7-11;1-10(2)8-11(15)14-7-6-13(5)12(3,4)9-14;1-11(2)7-6-8-12(14)13-9-4-3-5-10-13;1-10(2)5-6-11-7-8-12(3,4)9-11;1-9(2)8-10(13)12-6-4-11(3)5-7-12;1-9(2)3-6-11-7-4-10-5-8-11/h3-7,9-10H,8H2,1-2H3;10H,6-9H2,1-5H3;11H,3-10H2,1-2H3;10-11H,5-9H2,1-4H3;9H,4-8H2,1-3H3;9-10H,3-8H2,1-2H3. The molecule has 472 valence electrons. The van der Waals surface area contributed by atoms with Crippen LogP contribution >= 0.6 is 11.3 Å². The molecule has 1 N–H and O–H groups in total. The third kappa shape index (κ3) is 33.5. The van der Waals surface area contributed by atoms with Gasteiger partial charge in [-0.1, -0.05) is 147 Å². The molecule has 82 heavy (non-hydrogen) atoms. The van der Waals surface area contributed by atoms with Crippen molar-refractivity contribution in [2.75, 3.05) is 106 Å². The number of likely N-dealkylation sites (N-methyl/N-ethyl adjacent to an activating group) is 2. The van der Waals surface area contributed by atoms with E-state index in [1.54, 1.807) is 0 Å². The molecule has 0 bridgehead atoms. The van der Waals surface area contributed by atoms with E-state index in [2.05, 4.69) is 136 Å². The number of rotatable bonds is 18. The first-order valence-electron chi connectivity index (χ1n) is 32.8. The Morgan fingerprint density at radius 1 is 0.610 bits per heavy atom. The Morgan fingerprint density at radius 2 is 1.15 bits per heavy atom. The highest BCUT2D eigenvalue weighted by Gasteiger charge is 2.33. The van der Waals surface area contributed by atoms with Gasteiger partial charge in [0.2, 0.25) is 17.7 Å². The normalized spacial score (nSPS) is 19.3. The minimum atomic E-state index is 0.116. The molecule has 3 amide bonds. The fourth-order valence-corrected chi connectivity index (χ4v) is 11.6. The number of carbonyl (C=O) groups excluding carboxylic acids is 4. The Hall–Kier alpha value is -3.23. The molecule has 1 unspecified atom stereocenters. The van der Waals surface area contributed by atoms with Gasteiger partial charge in [-0.3, -0.25) is 24.1 Å². The molecular weight excluding hydrogens is 1040 g/mol. The largest absolute Gasteiger partial charge is 0.343 e. The van der Waals surface area contributed by atoms with Crippen molar-refractivity contribution in [3.8, 4) is 11.3 Å². The van der Waals surface area contributed by atoms with Gasteiger partial charge in [-0.15, -0.1) is 11.3 Å². The topological polar surface area (TPSA) is 113 Å². The average Bonchev–Trinajstić information content (AvgIpc) is 4.07. The number of Topliss-reactive ketones (excluding diaryl/α,β-unsaturated/α-hetero) is 1. The van der Waals surface area contributed by atoms with Crippen molar-refractivity contribution in [1.82, 2.24) is 39.7 Å². The first-order valence-corrected chi connectivity index (χ1v) is 33.7. The lowest BCUT2D eigenvalue weighted by atomic mass is 9.89. The number of amides is 3. The summed E-state index contributed by atoms with van der Waals surface area (Å²) in [6, 6.07) is 9.94. The number of piperidine rings is 1. The molecule has 7 rings (SSSR count). The van der Waals surface area contributed by atoms with Crippen LogP contribution in [0.25, 0.3) is 11.3 Å². The smallest absolute Gasteiger partial charge is 0.222 e. The molecule has 5 heterocycles. The number of nitrogens with one attached hydrogen (secondary N) is 1. The highest BCUT2D eigenvalue weighted by molar-refractivity contribution is 7.12. The number of nitrogens with zero attached hydrogens (tertiary/aromatic N) is 7. The zero-order valence-electron chi connectivity index (χ0n) is 56.2. The Balaban J connectivity index is 0.000000338. The van der Waals surface area contributed by atoms with Crippen LogP contribution in [0.5, 0.6) is 0 Å². The third-order valence-corrected chi connectivity index (χ3v) is 17.3. The van der Waals surface area contributed by atoms with Gasteiger partial charge in [-0.2, -0.15) is 0 Å². The van der Waals surface area contributed by atoms with Crippen LogP contribution in [0.3, 0.4) is 0 Å². The molecule has 5 fully saturated rings. The molecule has 13 heteroatoms. The molecule has 1 saturated carbocycles. The average molecular weight is 1160 g/mol. The van der Waals surface area contributed by atoms with Crippen molar-refractivity contribution in [3.05, 3.63) is 40.7 Å². The summed E-state index contributed by atoms with van der Waals surface area (Å²) in [7, 11) is 4.23. The zero-order chi connectivity index (χ0) is 61.4. The lowest BCUT2D eigenvalue weighted by molar-refractivity contribution is -0.136. The molecule has 0 radical (unpaired) electrons. The molecule has 1 aromatic carbocycles. The number of likely N-dealkylation sites (tertiary alicyclic amines) is 1. The molecule has 1 atom stereocenters. The number of thiazole rings is 1. The maximum absolute atomic E-state index is 11.9. The van der Waals surface area contributed by atoms with E-state index >= 15 is 0 Å². The molecule has 12 nitrogen and oxygen atoms in total. The maximum Gasteiger partial charge on any atom is 0.222 e. The van der Waals surface area contributed by atoms with Crippen LogP contribution in [0.4, 0.5) is 0 Å². The van der Waals surface area contributed by atoms with E-state index in [0.29, 0.717) is 65.2 Å². The molecular formula is C69H126N8O4S. The summed E-state index contributed by atoms with van der Waals surface area (Å²) in [6.07, 6.45) is 17.3. The zero-order valence-corrected chi connectivity index (χ0v) is 57.0. The fraction of sp³-hybridized carbons (Fsp3) is 0.812. The second-order valence-electron chi connectivity index (χ2n) is 28.6. The van der Waals surface area contributed by atoms with E-state index in [4.69, 9.17) is 0 Å². The molecule has 4 saturated heterocycles. The molecule has 2 aromatic rings. The monoisotopic (exact) mass is 1160 g/mol. The highest BCUT2D eigenvalue weighted by atomic mass is 32.1. The van der Waals surface area contributed by atoms with Gasteiger partial charge < -0.3 is 29.8 Å². The van der Waals surface area contributed by atoms with Gasteiger partial charge in [0.15, 0.2) is 10.8 Å². The number of benzene rings is 1. The number of piperazine rings is 3. The van der Waals surface area contributed by atoms with Crippen LogP contribution in [-0.2, 0) is 14.4 Å². The number of ketones is 1. The van der Waals surface area contributed by atoms with Gasteiger partial charge in [0.1, 0.15) is 0 Å². The molecule has 5 aliphatic rings. The van der Waals surface area contributed by atoms with Gasteiger partial charge >= 0.3 is 0 Å². The molecule has 0 spiro atoms. The van der Waals surface area contributed by atoms with Crippen molar-refractivity contribution in [2.45, 2.75) is 213 Å².